The summed E-state index contributed by atoms with van der Waals surface area (Å²) in [6, 6.07) is 12.8. The zero-order valence-electron chi connectivity index (χ0n) is 11.5. The number of likely N-dealkylation sites (N-methyl/N-ethyl adjacent to an activating group) is 1. The number of ether oxygens (including phenoxy) is 1. The largest absolute Gasteiger partial charge is 0.497 e. The molecule has 3 heteroatoms. The zero-order chi connectivity index (χ0) is 13.5. The lowest BCUT2D eigenvalue weighted by atomic mass is 10.00. The molecule has 0 saturated heterocycles. The lowest BCUT2D eigenvalue weighted by Gasteiger charge is -2.16. The van der Waals surface area contributed by atoms with Gasteiger partial charge in [-0.2, -0.15) is 0 Å². The van der Waals surface area contributed by atoms with Crippen molar-refractivity contribution in [3.8, 4) is 5.75 Å². The topological polar surface area (TPSA) is 34.1 Å². The highest BCUT2D eigenvalue weighted by Crippen LogP contribution is 2.14. The molecule has 1 aromatic carbocycles. The molecule has 19 heavy (non-hydrogen) atoms. The molecule has 0 saturated carbocycles. The molecule has 0 aliphatic carbocycles. The van der Waals surface area contributed by atoms with Crippen LogP contribution in [0.15, 0.2) is 48.8 Å². The highest BCUT2D eigenvalue weighted by atomic mass is 16.5. The lowest BCUT2D eigenvalue weighted by Crippen LogP contribution is -2.29. The van der Waals surface area contributed by atoms with Crippen molar-refractivity contribution in [3.05, 3.63) is 59.9 Å². The summed E-state index contributed by atoms with van der Waals surface area (Å²) in [6.07, 6.45) is 5.71. The van der Waals surface area contributed by atoms with E-state index in [1.807, 2.05) is 31.4 Å². The average molecular weight is 256 g/mol. The Kier molecular flexibility index (Phi) is 4.93. The molecule has 0 aliphatic rings. The predicted octanol–water partition coefficient (Wildman–Crippen LogP) is 2.46. The number of rotatable bonds is 6. The molecule has 1 heterocycles. The van der Waals surface area contributed by atoms with Crippen LogP contribution in [0.5, 0.6) is 5.75 Å². The van der Waals surface area contributed by atoms with Crippen LogP contribution in [-0.4, -0.2) is 25.2 Å². The first-order valence-electron chi connectivity index (χ1n) is 6.51. The minimum Gasteiger partial charge on any atom is -0.497 e. The number of hydrogen-bond donors (Lipinski definition) is 1. The second-order valence-electron chi connectivity index (χ2n) is 4.60. The molecule has 100 valence electrons. The van der Waals surface area contributed by atoms with E-state index in [-0.39, 0.29) is 0 Å². The fraction of sp³-hybridized carbons (Fsp3) is 0.312. The van der Waals surface area contributed by atoms with Gasteiger partial charge in [-0.1, -0.05) is 18.2 Å². The molecule has 1 N–H and O–H groups in total. The number of nitrogens with zero attached hydrogens (tertiary/aromatic N) is 1. The van der Waals surface area contributed by atoms with Gasteiger partial charge in [-0.3, -0.25) is 4.98 Å². The summed E-state index contributed by atoms with van der Waals surface area (Å²) < 4.78 is 5.17. The quantitative estimate of drug-likeness (QED) is 0.862. The van der Waals surface area contributed by atoms with Gasteiger partial charge in [-0.25, -0.2) is 0 Å². The van der Waals surface area contributed by atoms with Crippen molar-refractivity contribution in [2.75, 3.05) is 14.2 Å². The van der Waals surface area contributed by atoms with E-state index in [9.17, 15) is 0 Å². The molecular formula is C16H20N2O. The van der Waals surface area contributed by atoms with Crippen molar-refractivity contribution in [1.29, 1.82) is 0 Å². The third-order valence-corrected chi connectivity index (χ3v) is 3.25. The van der Waals surface area contributed by atoms with Gasteiger partial charge in [0.2, 0.25) is 0 Å². The number of aromatic nitrogens is 1. The van der Waals surface area contributed by atoms with Crippen LogP contribution in [0.1, 0.15) is 11.1 Å². The van der Waals surface area contributed by atoms with Gasteiger partial charge >= 0.3 is 0 Å². The van der Waals surface area contributed by atoms with E-state index in [0.29, 0.717) is 6.04 Å². The first-order chi connectivity index (χ1) is 9.31. The Balaban J connectivity index is 1.98. The van der Waals surface area contributed by atoms with Crippen LogP contribution in [0, 0.1) is 0 Å². The van der Waals surface area contributed by atoms with Crippen LogP contribution in [0.3, 0.4) is 0 Å². The Morgan fingerprint density at radius 1 is 1.11 bits per heavy atom. The Morgan fingerprint density at radius 2 is 1.84 bits per heavy atom. The monoisotopic (exact) mass is 256 g/mol. The Labute approximate surface area is 114 Å². The number of methoxy groups -OCH3 is 1. The van der Waals surface area contributed by atoms with Crippen molar-refractivity contribution in [2.45, 2.75) is 18.9 Å². The highest BCUT2D eigenvalue weighted by molar-refractivity contribution is 5.28. The Morgan fingerprint density at radius 3 is 2.42 bits per heavy atom. The molecule has 0 fully saturated rings. The maximum Gasteiger partial charge on any atom is 0.118 e. The van der Waals surface area contributed by atoms with Crippen molar-refractivity contribution in [3.63, 3.8) is 0 Å². The van der Waals surface area contributed by atoms with Gasteiger partial charge in [0.1, 0.15) is 5.75 Å². The second kappa shape index (κ2) is 6.90. The number of hydrogen-bond acceptors (Lipinski definition) is 3. The third kappa shape index (κ3) is 4.07. The van der Waals surface area contributed by atoms with Crippen molar-refractivity contribution in [1.82, 2.24) is 10.3 Å². The van der Waals surface area contributed by atoms with E-state index in [2.05, 4.69) is 28.5 Å². The van der Waals surface area contributed by atoms with Crippen molar-refractivity contribution in [2.24, 2.45) is 0 Å². The van der Waals surface area contributed by atoms with E-state index < -0.39 is 0 Å². The summed E-state index contributed by atoms with van der Waals surface area (Å²) in [5, 5.41) is 3.37. The van der Waals surface area contributed by atoms with Crippen LogP contribution in [0.4, 0.5) is 0 Å². The predicted molar refractivity (Wildman–Crippen MR) is 77.5 cm³/mol. The summed E-state index contributed by atoms with van der Waals surface area (Å²) >= 11 is 0. The standard InChI is InChI=1S/C16H20N2O/c1-17-15(11-14-4-3-9-18-12-14)10-13-5-7-16(19-2)8-6-13/h3-9,12,15,17H,10-11H2,1-2H3. The smallest absolute Gasteiger partial charge is 0.118 e. The normalized spacial score (nSPS) is 12.1. The summed E-state index contributed by atoms with van der Waals surface area (Å²) in [4.78, 5) is 4.16. The summed E-state index contributed by atoms with van der Waals surface area (Å²) in [5.74, 6) is 0.900. The zero-order valence-corrected chi connectivity index (χ0v) is 11.5. The fourth-order valence-corrected chi connectivity index (χ4v) is 2.13. The molecule has 0 spiro atoms. The Bertz CT molecular complexity index is 482. The van der Waals surface area contributed by atoms with E-state index >= 15 is 0 Å². The SMILES string of the molecule is CNC(Cc1ccc(OC)cc1)Cc1cccnc1. The summed E-state index contributed by atoms with van der Waals surface area (Å²) in [7, 11) is 3.69. The summed E-state index contributed by atoms with van der Waals surface area (Å²) in [5.41, 5.74) is 2.57. The number of nitrogens with one attached hydrogen (secondary N) is 1. The minimum absolute atomic E-state index is 0.414. The lowest BCUT2D eigenvalue weighted by molar-refractivity contribution is 0.414. The van der Waals surface area contributed by atoms with Gasteiger partial charge in [-0.05, 0) is 49.2 Å². The van der Waals surface area contributed by atoms with Crippen LogP contribution >= 0.6 is 0 Å². The molecule has 3 nitrogen and oxygen atoms in total. The number of pyridine rings is 1. The van der Waals surface area contributed by atoms with Gasteiger partial charge < -0.3 is 10.1 Å². The third-order valence-electron chi connectivity index (χ3n) is 3.25. The van der Waals surface area contributed by atoms with Gasteiger partial charge in [0.05, 0.1) is 7.11 Å². The van der Waals surface area contributed by atoms with Gasteiger partial charge in [0.15, 0.2) is 0 Å². The molecule has 1 unspecified atom stereocenters. The van der Waals surface area contributed by atoms with Gasteiger partial charge in [-0.15, -0.1) is 0 Å². The first-order valence-corrected chi connectivity index (χ1v) is 6.51. The van der Waals surface area contributed by atoms with Crippen molar-refractivity contribution >= 4 is 0 Å². The molecule has 1 atom stereocenters. The van der Waals surface area contributed by atoms with E-state index in [4.69, 9.17) is 4.74 Å². The fourth-order valence-electron chi connectivity index (χ4n) is 2.13. The highest BCUT2D eigenvalue weighted by Gasteiger charge is 2.08. The average Bonchev–Trinajstić information content (AvgIpc) is 2.48. The van der Waals surface area contributed by atoms with Crippen LogP contribution in [0.2, 0.25) is 0 Å². The molecule has 0 amide bonds. The molecule has 1 aromatic heterocycles. The van der Waals surface area contributed by atoms with E-state index in [1.54, 1.807) is 13.3 Å². The molecule has 0 bridgehead atoms. The number of benzene rings is 1. The maximum absolute atomic E-state index is 5.17. The van der Waals surface area contributed by atoms with Crippen molar-refractivity contribution < 1.29 is 4.74 Å². The Hall–Kier alpha value is -1.87. The summed E-state index contributed by atoms with van der Waals surface area (Å²) in [6.45, 7) is 0. The molecule has 0 aliphatic heterocycles. The first kappa shape index (κ1) is 13.6. The molecular weight excluding hydrogens is 236 g/mol. The van der Waals surface area contributed by atoms with Gasteiger partial charge in [0.25, 0.3) is 0 Å². The van der Waals surface area contributed by atoms with Gasteiger partial charge in [0, 0.05) is 18.4 Å². The van der Waals surface area contributed by atoms with Crippen LogP contribution in [0.25, 0.3) is 0 Å². The maximum atomic E-state index is 5.17. The van der Waals surface area contributed by atoms with E-state index in [1.165, 1.54) is 11.1 Å². The van der Waals surface area contributed by atoms with Crippen LogP contribution in [-0.2, 0) is 12.8 Å². The molecule has 2 aromatic rings. The molecule has 0 radical (unpaired) electrons. The molecule has 2 rings (SSSR count). The van der Waals surface area contributed by atoms with E-state index in [0.717, 1.165) is 18.6 Å². The van der Waals surface area contributed by atoms with Crippen LogP contribution < -0.4 is 10.1 Å². The second-order valence-corrected chi connectivity index (χ2v) is 4.60. The minimum atomic E-state index is 0.414.